The Kier molecular flexibility index (Phi) is 8.29. The van der Waals surface area contributed by atoms with Crippen LogP contribution in [0.5, 0.6) is 11.5 Å². The van der Waals surface area contributed by atoms with Crippen LogP contribution in [0, 0.1) is 0 Å². The zero-order valence-corrected chi connectivity index (χ0v) is 15.6. The predicted octanol–water partition coefficient (Wildman–Crippen LogP) is 4.03. The van der Waals surface area contributed by atoms with Crippen LogP contribution in [0.1, 0.15) is 45.4 Å². The van der Waals surface area contributed by atoms with Gasteiger partial charge in [-0.05, 0) is 31.4 Å². The van der Waals surface area contributed by atoms with Crippen molar-refractivity contribution >= 4 is 17.7 Å². The minimum Gasteiger partial charge on any atom is -0.497 e. The van der Waals surface area contributed by atoms with Crippen molar-refractivity contribution in [2.24, 2.45) is 0 Å². The van der Waals surface area contributed by atoms with Crippen LogP contribution in [0.15, 0.2) is 24.3 Å². The van der Waals surface area contributed by atoms with Crippen LogP contribution in [0.25, 0.3) is 0 Å². The van der Waals surface area contributed by atoms with Crippen molar-refractivity contribution < 1.29 is 14.3 Å². The van der Waals surface area contributed by atoms with E-state index < -0.39 is 6.10 Å². The number of amides is 1. The Morgan fingerprint density at radius 3 is 2.75 bits per heavy atom. The molecule has 1 amide bonds. The van der Waals surface area contributed by atoms with Gasteiger partial charge in [0.25, 0.3) is 5.91 Å². The average Bonchev–Trinajstić information content (AvgIpc) is 2.64. The molecule has 4 nitrogen and oxygen atoms in total. The number of ether oxygens (including phenoxy) is 2. The van der Waals surface area contributed by atoms with Gasteiger partial charge in [-0.1, -0.05) is 32.3 Å². The highest BCUT2D eigenvalue weighted by atomic mass is 32.2. The minimum absolute atomic E-state index is 0.0374. The maximum absolute atomic E-state index is 12.3. The maximum Gasteiger partial charge on any atom is 0.261 e. The second-order valence-corrected chi connectivity index (χ2v) is 7.52. The Labute approximate surface area is 149 Å². The van der Waals surface area contributed by atoms with Gasteiger partial charge in [0.1, 0.15) is 11.5 Å². The van der Waals surface area contributed by atoms with Gasteiger partial charge < -0.3 is 14.8 Å². The molecule has 134 valence electrons. The molecule has 1 aromatic carbocycles. The Bertz CT molecular complexity index is 503. The van der Waals surface area contributed by atoms with E-state index in [2.05, 4.69) is 5.32 Å². The second kappa shape index (κ2) is 10.5. The van der Waals surface area contributed by atoms with Crippen LogP contribution in [0.2, 0.25) is 0 Å². The lowest BCUT2D eigenvalue weighted by molar-refractivity contribution is -0.127. The van der Waals surface area contributed by atoms with E-state index in [9.17, 15) is 4.79 Å². The summed E-state index contributed by atoms with van der Waals surface area (Å²) in [5, 5.41) is 3.79. The zero-order chi connectivity index (χ0) is 17.2. The summed E-state index contributed by atoms with van der Waals surface area (Å²) in [6.45, 7) is 2.67. The summed E-state index contributed by atoms with van der Waals surface area (Å²) >= 11 is 2.00. The molecular weight excluding hydrogens is 322 g/mol. The molecule has 0 aliphatic heterocycles. The molecule has 1 aliphatic rings. The molecule has 0 radical (unpaired) electrons. The molecule has 0 bridgehead atoms. The van der Waals surface area contributed by atoms with Crippen molar-refractivity contribution in [2.45, 2.75) is 56.8 Å². The smallest absolute Gasteiger partial charge is 0.261 e. The van der Waals surface area contributed by atoms with E-state index in [0.717, 1.165) is 16.8 Å². The highest BCUT2D eigenvalue weighted by molar-refractivity contribution is 7.99. The average molecular weight is 352 g/mol. The first-order valence-corrected chi connectivity index (χ1v) is 9.97. The van der Waals surface area contributed by atoms with Gasteiger partial charge in [0, 0.05) is 23.6 Å². The summed E-state index contributed by atoms with van der Waals surface area (Å²) in [5.74, 6) is 2.33. The van der Waals surface area contributed by atoms with Crippen LogP contribution in [-0.4, -0.2) is 36.7 Å². The zero-order valence-electron chi connectivity index (χ0n) is 14.8. The minimum atomic E-state index is -0.461. The molecule has 24 heavy (non-hydrogen) atoms. The lowest BCUT2D eigenvalue weighted by atomic mass is 10.0. The highest BCUT2D eigenvalue weighted by Gasteiger charge is 2.19. The molecule has 1 aliphatic carbocycles. The van der Waals surface area contributed by atoms with Gasteiger partial charge in [-0.15, -0.1) is 0 Å². The van der Waals surface area contributed by atoms with Crippen LogP contribution in [-0.2, 0) is 4.79 Å². The molecule has 1 saturated carbocycles. The Hall–Kier alpha value is -1.36. The first-order chi connectivity index (χ1) is 11.7. The second-order valence-electron chi connectivity index (χ2n) is 6.12. The van der Waals surface area contributed by atoms with Gasteiger partial charge >= 0.3 is 0 Å². The lowest BCUT2D eigenvalue weighted by Crippen LogP contribution is -2.39. The largest absolute Gasteiger partial charge is 0.497 e. The molecule has 1 fully saturated rings. The predicted molar refractivity (Wildman–Crippen MR) is 100 cm³/mol. The molecule has 5 heteroatoms. The number of methoxy groups -OCH3 is 1. The topological polar surface area (TPSA) is 47.6 Å². The molecule has 0 spiro atoms. The van der Waals surface area contributed by atoms with Crippen LogP contribution in [0.3, 0.4) is 0 Å². The molecule has 0 unspecified atom stereocenters. The van der Waals surface area contributed by atoms with Gasteiger partial charge in [-0.25, -0.2) is 0 Å². The summed E-state index contributed by atoms with van der Waals surface area (Å²) in [5.41, 5.74) is 0. The van der Waals surface area contributed by atoms with E-state index in [1.165, 1.54) is 32.1 Å². The normalized spacial score (nSPS) is 16.4. The van der Waals surface area contributed by atoms with Crippen molar-refractivity contribution in [2.75, 3.05) is 19.4 Å². The van der Waals surface area contributed by atoms with E-state index in [-0.39, 0.29) is 5.91 Å². The number of nitrogens with one attached hydrogen (secondary N) is 1. The molecule has 0 heterocycles. The van der Waals surface area contributed by atoms with E-state index in [1.807, 2.05) is 36.9 Å². The van der Waals surface area contributed by atoms with Gasteiger partial charge in [-0.3, -0.25) is 4.79 Å². The van der Waals surface area contributed by atoms with Crippen LogP contribution < -0.4 is 14.8 Å². The lowest BCUT2D eigenvalue weighted by Gasteiger charge is -2.21. The van der Waals surface area contributed by atoms with Crippen molar-refractivity contribution in [1.82, 2.24) is 5.32 Å². The monoisotopic (exact) mass is 351 g/mol. The van der Waals surface area contributed by atoms with E-state index in [4.69, 9.17) is 9.47 Å². The van der Waals surface area contributed by atoms with Crippen molar-refractivity contribution in [1.29, 1.82) is 0 Å². The number of hydrogen-bond donors (Lipinski definition) is 1. The molecular formula is C19H29NO3S. The third-order valence-electron chi connectivity index (χ3n) is 4.29. The molecule has 2 rings (SSSR count). The summed E-state index contributed by atoms with van der Waals surface area (Å²) < 4.78 is 11.0. The number of carbonyl (C=O) groups is 1. The fourth-order valence-corrected chi connectivity index (χ4v) is 4.13. The maximum atomic E-state index is 12.3. The first-order valence-electron chi connectivity index (χ1n) is 8.93. The quantitative estimate of drug-likeness (QED) is 0.682. The number of benzene rings is 1. The molecule has 0 aromatic heterocycles. The van der Waals surface area contributed by atoms with E-state index >= 15 is 0 Å². The van der Waals surface area contributed by atoms with E-state index in [0.29, 0.717) is 18.7 Å². The highest BCUT2D eigenvalue weighted by Crippen LogP contribution is 2.27. The van der Waals surface area contributed by atoms with Crippen molar-refractivity contribution in [3.05, 3.63) is 24.3 Å². The van der Waals surface area contributed by atoms with Gasteiger partial charge in [0.15, 0.2) is 6.10 Å². The van der Waals surface area contributed by atoms with Crippen molar-refractivity contribution in [3.63, 3.8) is 0 Å². The third kappa shape index (κ3) is 6.27. The van der Waals surface area contributed by atoms with Crippen LogP contribution in [0.4, 0.5) is 0 Å². The Morgan fingerprint density at radius 1 is 1.29 bits per heavy atom. The Balaban J connectivity index is 1.72. The number of rotatable bonds is 9. The first kappa shape index (κ1) is 19.0. The summed E-state index contributed by atoms with van der Waals surface area (Å²) in [6, 6.07) is 7.36. The number of hydrogen-bond acceptors (Lipinski definition) is 4. The molecule has 0 saturated heterocycles. The van der Waals surface area contributed by atoms with Crippen molar-refractivity contribution in [3.8, 4) is 11.5 Å². The standard InChI is InChI=1S/C19H29NO3S/c1-3-18(23-16-9-7-8-15(14-16)22-2)19(21)20-12-13-24-17-10-5-4-6-11-17/h7-9,14,17-18H,3-6,10-13H2,1-2H3,(H,20,21)/t18-/m1/s1. The summed E-state index contributed by atoms with van der Waals surface area (Å²) in [7, 11) is 1.62. The molecule has 1 atom stereocenters. The van der Waals surface area contributed by atoms with Crippen LogP contribution >= 0.6 is 11.8 Å². The van der Waals surface area contributed by atoms with Gasteiger partial charge in [0.05, 0.1) is 7.11 Å². The molecule has 1 aromatic rings. The SMILES string of the molecule is CC[C@@H](Oc1cccc(OC)c1)C(=O)NCCSC1CCCCC1. The fourth-order valence-electron chi connectivity index (χ4n) is 2.91. The van der Waals surface area contributed by atoms with E-state index in [1.54, 1.807) is 13.2 Å². The third-order valence-corrected chi connectivity index (χ3v) is 5.67. The van der Waals surface area contributed by atoms with Gasteiger partial charge in [-0.2, -0.15) is 11.8 Å². The summed E-state index contributed by atoms with van der Waals surface area (Å²) in [6.07, 6.45) is 6.93. The number of thioether (sulfide) groups is 1. The Morgan fingerprint density at radius 2 is 2.04 bits per heavy atom. The summed E-state index contributed by atoms with van der Waals surface area (Å²) in [4.78, 5) is 12.3. The fraction of sp³-hybridized carbons (Fsp3) is 0.632. The number of carbonyl (C=O) groups excluding carboxylic acids is 1. The molecule has 1 N–H and O–H groups in total. The van der Waals surface area contributed by atoms with Gasteiger partial charge in [0.2, 0.25) is 0 Å².